The van der Waals surface area contributed by atoms with Crippen molar-refractivity contribution in [3.8, 4) is 0 Å². The average Bonchev–Trinajstić information content (AvgIpc) is 2.62. The third kappa shape index (κ3) is 16.5. The number of nitrogens with two attached hydrogens (primary N) is 1. The van der Waals surface area contributed by atoms with E-state index in [9.17, 15) is 0 Å². The Morgan fingerprint density at radius 3 is 1.44 bits per heavy atom. The lowest BCUT2D eigenvalue weighted by Gasteiger charge is -2.24. The van der Waals surface area contributed by atoms with Crippen LogP contribution in [0, 0.1) is 0 Å². The van der Waals surface area contributed by atoms with Crippen molar-refractivity contribution in [3.05, 3.63) is 0 Å². The number of unbranched alkanes of at least 4 members (excludes halogenated alkanes) is 12. The van der Waals surface area contributed by atoms with Gasteiger partial charge in [0.2, 0.25) is 0 Å². The van der Waals surface area contributed by atoms with Crippen molar-refractivity contribution in [2.24, 2.45) is 10.7 Å². The van der Waals surface area contributed by atoms with Gasteiger partial charge in [0.1, 0.15) is 0 Å². The van der Waals surface area contributed by atoms with Gasteiger partial charge in [-0.1, -0.05) is 97.8 Å². The zero-order valence-corrected chi connectivity index (χ0v) is 17.7. The van der Waals surface area contributed by atoms with Crippen LogP contribution in [0.25, 0.3) is 0 Å². The summed E-state index contributed by atoms with van der Waals surface area (Å²) in [5, 5.41) is 0. The lowest BCUT2D eigenvalue weighted by molar-refractivity contribution is 0.380. The Bertz CT molecular complexity index is 275. The van der Waals surface area contributed by atoms with Crippen LogP contribution < -0.4 is 5.73 Å². The van der Waals surface area contributed by atoms with Crippen LogP contribution >= 0.6 is 0 Å². The van der Waals surface area contributed by atoms with Crippen LogP contribution in [0.15, 0.2) is 4.99 Å². The smallest absolute Gasteiger partial charge is 0.191 e. The normalized spacial score (nSPS) is 11.9. The molecule has 0 aromatic carbocycles. The highest BCUT2D eigenvalue weighted by molar-refractivity contribution is 5.78. The number of nitrogens with zero attached hydrogens (tertiary/aromatic N) is 2. The van der Waals surface area contributed by atoms with Crippen molar-refractivity contribution in [1.82, 2.24) is 4.90 Å². The van der Waals surface area contributed by atoms with Crippen molar-refractivity contribution in [2.45, 2.75) is 117 Å². The first-order valence-electron chi connectivity index (χ1n) is 11.3. The molecule has 2 N–H and O–H groups in total. The van der Waals surface area contributed by atoms with Crippen LogP contribution in [0.4, 0.5) is 0 Å². The summed E-state index contributed by atoms with van der Waals surface area (Å²) in [6.45, 7) is 9.87. The quantitative estimate of drug-likeness (QED) is 0.173. The SMILES string of the molecule is CCCCCCCN=C(N)N(CCCCCCC)CCCCCCC. The third-order valence-corrected chi connectivity index (χ3v) is 4.92. The Morgan fingerprint density at radius 1 is 0.600 bits per heavy atom. The van der Waals surface area contributed by atoms with E-state index >= 15 is 0 Å². The minimum atomic E-state index is 0.793. The Balaban J connectivity index is 4.13. The molecule has 0 aliphatic carbocycles. The molecular weight excluding hydrogens is 306 g/mol. The van der Waals surface area contributed by atoms with Crippen LogP contribution in [0.2, 0.25) is 0 Å². The summed E-state index contributed by atoms with van der Waals surface area (Å²) in [5.74, 6) is 0.793. The molecule has 0 bridgehead atoms. The van der Waals surface area contributed by atoms with Gasteiger partial charge in [-0.2, -0.15) is 0 Å². The van der Waals surface area contributed by atoms with E-state index in [1.807, 2.05) is 0 Å². The highest BCUT2D eigenvalue weighted by Gasteiger charge is 2.07. The molecule has 0 aromatic rings. The van der Waals surface area contributed by atoms with Crippen molar-refractivity contribution in [2.75, 3.05) is 19.6 Å². The second-order valence-corrected chi connectivity index (χ2v) is 7.47. The largest absolute Gasteiger partial charge is 0.370 e. The Labute approximate surface area is 158 Å². The summed E-state index contributed by atoms with van der Waals surface area (Å²) in [6, 6.07) is 0. The van der Waals surface area contributed by atoms with Gasteiger partial charge in [-0.15, -0.1) is 0 Å². The molecule has 0 saturated heterocycles. The predicted molar refractivity (Wildman–Crippen MR) is 114 cm³/mol. The molecule has 0 fully saturated rings. The molecule has 3 nitrogen and oxygen atoms in total. The van der Waals surface area contributed by atoms with Gasteiger partial charge in [0, 0.05) is 19.6 Å². The first kappa shape index (κ1) is 24.3. The van der Waals surface area contributed by atoms with E-state index in [-0.39, 0.29) is 0 Å². The first-order valence-corrected chi connectivity index (χ1v) is 11.3. The molecule has 0 radical (unpaired) electrons. The van der Waals surface area contributed by atoms with Gasteiger partial charge in [-0.25, -0.2) is 0 Å². The number of aliphatic imine (C=N–C) groups is 1. The number of rotatable bonds is 18. The topological polar surface area (TPSA) is 41.6 Å². The molecular formula is C22H47N3. The van der Waals surface area contributed by atoms with Crippen LogP contribution in [0.1, 0.15) is 117 Å². The predicted octanol–water partition coefficient (Wildman–Crippen LogP) is 6.51. The molecule has 0 atom stereocenters. The zero-order chi connectivity index (χ0) is 18.6. The minimum absolute atomic E-state index is 0.793. The van der Waals surface area contributed by atoms with E-state index in [1.165, 1.54) is 96.3 Å². The summed E-state index contributed by atoms with van der Waals surface area (Å²) in [6.07, 6.45) is 19.7. The standard InChI is InChI=1S/C22H47N3/c1-4-7-10-13-16-19-24-22(23)25(20-17-14-11-8-5-2)21-18-15-12-9-6-3/h4-21H2,1-3H3,(H2,23,24). The fourth-order valence-electron chi connectivity index (χ4n) is 3.16. The summed E-state index contributed by atoms with van der Waals surface area (Å²) >= 11 is 0. The first-order chi connectivity index (χ1) is 12.3. The van der Waals surface area contributed by atoms with Crippen LogP contribution in [-0.4, -0.2) is 30.5 Å². The van der Waals surface area contributed by atoms with E-state index in [2.05, 4.69) is 30.7 Å². The van der Waals surface area contributed by atoms with Gasteiger partial charge < -0.3 is 10.6 Å². The molecule has 0 aliphatic rings. The molecule has 0 saturated carbocycles. The molecule has 25 heavy (non-hydrogen) atoms. The summed E-state index contributed by atoms with van der Waals surface area (Å²) in [4.78, 5) is 7.02. The van der Waals surface area contributed by atoms with Crippen molar-refractivity contribution < 1.29 is 0 Å². The second-order valence-electron chi connectivity index (χ2n) is 7.47. The van der Waals surface area contributed by atoms with Crippen molar-refractivity contribution >= 4 is 5.96 Å². The molecule has 0 amide bonds. The minimum Gasteiger partial charge on any atom is -0.370 e. The summed E-state index contributed by atoms with van der Waals surface area (Å²) in [5.41, 5.74) is 6.32. The number of guanidine groups is 1. The Hall–Kier alpha value is -0.730. The molecule has 0 unspecified atom stereocenters. The number of hydrogen-bond donors (Lipinski definition) is 1. The molecule has 3 heteroatoms. The van der Waals surface area contributed by atoms with Gasteiger partial charge >= 0.3 is 0 Å². The maximum absolute atomic E-state index is 6.32. The van der Waals surface area contributed by atoms with Gasteiger partial charge in [0.15, 0.2) is 5.96 Å². The molecule has 0 rings (SSSR count). The maximum Gasteiger partial charge on any atom is 0.191 e. The summed E-state index contributed by atoms with van der Waals surface area (Å²) < 4.78 is 0. The van der Waals surface area contributed by atoms with Crippen molar-refractivity contribution in [1.29, 1.82) is 0 Å². The Kier molecular flexibility index (Phi) is 19.0. The Morgan fingerprint density at radius 2 is 1.00 bits per heavy atom. The fraction of sp³-hybridized carbons (Fsp3) is 0.955. The van der Waals surface area contributed by atoms with E-state index in [0.717, 1.165) is 25.6 Å². The second kappa shape index (κ2) is 19.6. The van der Waals surface area contributed by atoms with Gasteiger partial charge in [0.05, 0.1) is 0 Å². The molecule has 0 spiro atoms. The van der Waals surface area contributed by atoms with E-state index < -0.39 is 0 Å². The molecule has 150 valence electrons. The van der Waals surface area contributed by atoms with Gasteiger partial charge in [0.25, 0.3) is 0 Å². The van der Waals surface area contributed by atoms with E-state index in [1.54, 1.807) is 0 Å². The van der Waals surface area contributed by atoms with E-state index in [0.29, 0.717) is 0 Å². The van der Waals surface area contributed by atoms with E-state index in [4.69, 9.17) is 5.73 Å². The van der Waals surface area contributed by atoms with Crippen LogP contribution in [0.3, 0.4) is 0 Å². The number of hydrogen-bond acceptors (Lipinski definition) is 1. The summed E-state index contributed by atoms with van der Waals surface area (Å²) in [7, 11) is 0. The van der Waals surface area contributed by atoms with Crippen molar-refractivity contribution in [3.63, 3.8) is 0 Å². The van der Waals surface area contributed by atoms with Crippen LogP contribution in [0.5, 0.6) is 0 Å². The molecule has 0 aromatic heterocycles. The average molecular weight is 354 g/mol. The third-order valence-electron chi connectivity index (χ3n) is 4.92. The monoisotopic (exact) mass is 353 g/mol. The van der Waals surface area contributed by atoms with Gasteiger partial charge in [-0.05, 0) is 19.3 Å². The fourth-order valence-corrected chi connectivity index (χ4v) is 3.16. The highest BCUT2D eigenvalue weighted by atomic mass is 15.2. The lowest BCUT2D eigenvalue weighted by Crippen LogP contribution is -2.39. The van der Waals surface area contributed by atoms with Crippen LogP contribution in [-0.2, 0) is 0 Å². The zero-order valence-electron chi connectivity index (χ0n) is 17.7. The maximum atomic E-state index is 6.32. The molecule has 0 aliphatic heterocycles. The lowest BCUT2D eigenvalue weighted by atomic mass is 10.1. The highest BCUT2D eigenvalue weighted by Crippen LogP contribution is 2.08. The molecule has 0 heterocycles. The van der Waals surface area contributed by atoms with Gasteiger partial charge in [-0.3, -0.25) is 4.99 Å².